The third kappa shape index (κ3) is 17.1. The first-order valence-electron chi connectivity index (χ1n) is 29.8. The van der Waals surface area contributed by atoms with Crippen LogP contribution in [0.3, 0.4) is 0 Å². The van der Waals surface area contributed by atoms with E-state index in [4.69, 9.17) is 38.3 Å². The topological polar surface area (TPSA) is 364 Å². The molecule has 3 aliphatic rings. The van der Waals surface area contributed by atoms with Crippen molar-refractivity contribution in [1.29, 1.82) is 0 Å². The van der Waals surface area contributed by atoms with Crippen molar-refractivity contribution in [2.45, 2.75) is 218 Å². The minimum atomic E-state index is -2.54. The summed E-state index contributed by atoms with van der Waals surface area (Å²) in [6, 6.07) is 3.44. The van der Waals surface area contributed by atoms with Crippen molar-refractivity contribution in [1.82, 2.24) is 21.3 Å². The fourth-order valence-corrected chi connectivity index (χ4v) is 13.0. The maximum absolute atomic E-state index is 16.1. The molecule has 1 aromatic rings. The van der Waals surface area contributed by atoms with Crippen LogP contribution in [0.5, 0.6) is 0 Å². The van der Waals surface area contributed by atoms with Crippen LogP contribution in [-0.2, 0) is 66.7 Å². The van der Waals surface area contributed by atoms with Gasteiger partial charge in [0, 0.05) is 64.8 Å². The second-order valence-corrected chi connectivity index (χ2v) is 24.8. The Hall–Kier alpha value is -7.48. The highest BCUT2D eigenvalue weighted by Gasteiger charge is 2.80. The van der Waals surface area contributed by atoms with Crippen molar-refractivity contribution in [2.75, 3.05) is 20.8 Å². The molecule has 2 saturated carbocycles. The zero-order valence-corrected chi connectivity index (χ0v) is 53.6. The van der Waals surface area contributed by atoms with E-state index in [1.165, 1.54) is 52.4 Å². The molecule has 25 nitrogen and oxygen atoms in total. The van der Waals surface area contributed by atoms with Gasteiger partial charge in [-0.3, -0.25) is 24.0 Å². The van der Waals surface area contributed by atoms with Crippen molar-refractivity contribution in [3.8, 4) is 0 Å². The van der Waals surface area contributed by atoms with Gasteiger partial charge >= 0.3 is 47.9 Å². The Bertz CT molecular complexity index is 2880. The zero-order valence-electron chi connectivity index (χ0n) is 53.6. The first-order chi connectivity index (χ1) is 41.5. The van der Waals surface area contributed by atoms with E-state index in [9.17, 15) is 53.7 Å². The number of methoxy groups -OCH3 is 2. The third-order valence-electron chi connectivity index (χ3n) is 17.3. The molecule has 0 spiro atoms. The molecule has 494 valence electrons. The number of carbonyl (C=O) groups excluding carboxylic acids is 8. The summed E-state index contributed by atoms with van der Waals surface area (Å²) in [4.78, 5) is 136. The fourth-order valence-electron chi connectivity index (χ4n) is 13.0. The third-order valence-corrected chi connectivity index (χ3v) is 17.3. The average Bonchev–Trinajstić information content (AvgIpc) is 0.667. The van der Waals surface area contributed by atoms with Crippen LogP contribution < -0.4 is 21.3 Å². The van der Waals surface area contributed by atoms with E-state index in [1.54, 1.807) is 92.7 Å². The maximum atomic E-state index is 16.1. The molecule has 0 radical (unpaired) electrons. The smallest absolute Gasteiger partial charge is 0.408 e. The number of alkyl carbamates (subject to hydrolysis) is 1. The Labute approximate surface area is 520 Å². The Balaban J connectivity index is 1.81. The number of ketones is 1. The largest absolute Gasteiger partial charge is 0.481 e. The summed E-state index contributed by atoms with van der Waals surface area (Å²) in [5.74, 6) is -9.89. The number of amides is 4. The van der Waals surface area contributed by atoms with Crippen LogP contribution in [0.15, 0.2) is 77.9 Å². The number of urea groups is 1. The van der Waals surface area contributed by atoms with E-state index in [0.717, 1.165) is 6.92 Å². The number of nitrogens with one attached hydrogen (secondary N) is 4. The summed E-state index contributed by atoms with van der Waals surface area (Å²) in [5, 5.41) is 55.2. The van der Waals surface area contributed by atoms with Crippen molar-refractivity contribution < 1.29 is 102 Å². The van der Waals surface area contributed by atoms with Crippen LogP contribution in [0.25, 0.3) is 0 Å². The Morgan fingerprint density at radius 2 is 1.53 bits per heavy atom. The van der Waals surface area contributed by atoms with Gasteiger partial charge in [0.25, 0.3) is 0 Å². The number of unbranched alkanes of at least 4 members (excludes halogenated alkanes) is 1. The summed E-state index contributed by atoms with van der Waals surface area (Å²) in [6.07, 6.45) is -4.65. The van der Waals surface area contributed by atoms with E-state index >= 15 is 9.59 Å². The number of aliphatic hydroxyl groups is 2. The normalized spacial score (nSPS) is 27.0. The van der Waals surface area contributed by atoms with Crippen LogP contribution >= 0.6 is 0 Å². The molecule has 0 aliphatic heterocycles. The lowest BCUT2D eigenvalue weighted by Gasteiger charge is -2.68. The quantitative estimate of drug-likeness (QED) is 0.0151. The lowest BCUT2D eigenvalue weighted by Crippen LogP contribution is -2.82. The molecule has 3 aliphatic carbocycles. The first-order valence-corrected chi connectivity index (χ1v) is 29.8. The summed E-state index contributed by atoms with van der Waals surface area (Å²) < 4.78 is 43.2. The predicted molar refractivity (Wildman–Crippen MR) is 321 cm³/mol. The van der Waals surface area contributed by atoms with E-state index in [0.29, 0.717) is 19.3 Å². The number of aliphatic carboxylic acids is 2. The van der Waals surface area contributed by atoms with Crippen molar-refractivity contribution in [2.24, 2.45) is 16.7 Å². The minimum absolute atomic E-state index is 0.00917. The van der Waals surface area contributed by atoms with Gasteiger partial charge in [-0.05, 0) is 116 Å². The molecule has 25 heteroatoms. The number of fused-ring (bicyclic) bond motifs is 3. The van der Waals surface area contributed by atoms with Crippen LogP contribution in [0.2, 0.25) is 0 Å². The standard InChI is InChI=1S/C64H92N4O21/c1-16-18-20-25-36(3)49(68-58(81)89-59(7,8)9)51(86-47(74)32-30-45(71)65-33-24-23-26-37(4)66-57(80)67-41(53(76)77)29-31-46(72)73)55(79)85-42-35-64(82)60(10,11)48(38(42)5)50(84-15)52(75)61(12)44(83-14)34-43(70)63(17-2,87-39(6)69)56(61)62(64,13)88-54(78)40-27-21-19-22-28-40/h16,18-22,25,27-28,37,41-44,49-51,56,70,82H,3,17,23-24,26,29-35H2,1-2,4-15H3,(H,65,71)(H,68,81)(H,72,73)(H,76,77)(H2,66,67,80)/b18-16-,25-20-/t37-,41+,42+,43-,44+,49+,50-,51-,56-,61+,62-,63+,64+/m1/s1. The number of rotatable bonds is 28. The number of aliphatic hydroxyl groups excluding tert-OH is 1. The molecule has 0 aromatic heterocycles. The molecule has 8 N–H and O–H groups in total. The fraction of sp³-hybridized carbons (Fsp3) is 0.625. The van der Waals surface area contributed by atoms with Crippen LogP contribution in [0.4, 0.5) is 9.59 Å². The first kappa shape index (κ1) is 74.0. The Morgan fingerprint density at radius 1 is 0.876 bits per heavy atom. The van der Waals surface area contributed by atoms with Crippen LogP contribution in [-0.4, -0.2) is 172 Å². The summed E-state index contributed by atoms with van der Waals surface area (Å²) in [6.45, 7) is 22.8. The monoisotopic (exact) mass is 1250 g/mol. The Morgan fingerprint density at radius 3 is 2.09 bits per heavy atom. The van der Waals surface area contributed by atoms with Gasteiger partial charge in [0.05, 0.1) is 35.5 Å². The minimum Gasteiger partial charge on any atom is -0.481 e. The summed E-state index contributed by atoms with van der Waals surface area (Å²) in [5.41, 5.74) is -11.6. The highest BCUT2D eigenvalue weighted by Crippen LogP contribution is 2.67. The molecule has 1 aromatic carbocycles. The number of hydrogen-bond acceptors (Lipinski definition) is 19. The number of ether oxygens (including phenoxy) is 7. The molecule has 2 bridgehead atoms. The molecule has 0 saturated heterocycles. The molecule has 0 unspecified atom stereocenters. The highest BCUT2D eigenvalue weighted by molar-refractivity contribution is 5.95. The number of carboxylic acid groups (broad SMARTS) is 2. The number of esters is 4. The van der Waals surface area contributed by atoms with Crippen molar-refractivity contribution in [3.63, 3.8) is 0 Å². The van der Waals surface area contributed by atoms with Gasteiger partial charge in [-0.15, -0.1) is 0 Å². The highest BCUT2D eigenvalue weighted by atomic mass is 16.6. The van der Waals surface area contributed by atoms with E-state index in [-0.39, 0.29) is 48.1 Å². The molecule has 4 rings (SSSR count). The Kier molecular flexibility index (Phi) is 25.6. The molecule has 89 heavy (non-hydrogen) atoms. The molecule has 0 heterocycles. The maximum Gasteiger partial charge on any atom is 0.408 e. The van der Waals surface area contributed by atoms with Crippen molar-refractivity contribution in [3.05, 3.63) is 83.5 Å². The molecular weight excluding hydrogens is 1160 g/mol. The van der Waals surface area contributed by atoms with E-state index in [1.807, 2.05) is 0 Å². The SMILES string of the molecule is C=C(/C=C\C=C/C)[C@H](NC(=O)OC(C)(C)C)[C@@H](OC(=O)CCC(=O)NCCCC[C@@H](C)NC(=O)N[C@@H](CCC(=O)O)C(=O)O)C(=O)O[C@H]1C[C@]2(O)C(C)(C)C(=C1C)[C@@H](OC)C(=O)[C@]1(C)[C@@H](OC)C[C@@H](O)[C@](CC)(OC(C)=O)[C@H]1[C@@]2(C)OC(=O)c1ccccc1. The van der Waals surface area contributed by atoms with Crippen LogP contribution in [0.1, 0.15) is 158 Å². The molecule has 2 fully saturated rings. The summed E-state index contributed by atoms with van der Waals surface area (Å²) in [7, 11) is 2.59. The number of carbonyl (C=O) groups is 10. The molecular formula is C64H92N4O21. The van der Waals surface area contributed by atoms with Gasteiger partial charge in [-0.25, -0.2) is 24.0 Å². The van der Waals surface area contributed by atoms with Gasteiger partial charge in [-0.2, -0.15) is 0 Å². The molecule has 4 amide bonds. The average molecular weight is 1250 g/mol. The van der Waals surface area contributed by atoms with E-state index in [2.05, 4.69) is 27.8 Å². The second kappa shape index (κ2) is 30.8. The number of Topliss-reactive ketones (excluding diaryl/α,β-unsaturated/α-hetero) is 1. The number of hydrogen-bond donors (Lipinski definition) is 8. The lowest BCUT2D eigenvalue weighted by atomic mass is 9.41. The predicted octanol–water partition coefficient (Wildman–Crippen LogP) is 6.27. The molecule has 13 atom stereocenters. The lowest BCUT2D eigenvalue weighted by molar-refractivity contribution is -0.318. The number of benzene rings is 1. The van der Waals surface area contributed by atoms with E-state index < -0.39 is 173 Å². The zero-order chi connectivity index (χ0) is 67.2. The van der Waals surface area contributed by atoms with Crippen molar-refractivity contribution >= 4 is 59.6 Å². The summed E-state index contributed by atoms with van der Waals surface area (Å²) >= 11 is 0. The van der Waals surface area contributed by atoms with Gasteiger partial charge < -0.3 is 74.9 Å². The van der Waals surface area contributed by atoms with Crippen LogP contribution in [0, 0.1) is 16.7 Å². The number of allylic oxidation sites excluding steroid dienone is 3. The second-order valence-electron chi connectivity index (χ2n) is 24.8. The van der Waals surface area contributed by atoms with Gasteiger partial charge in [-0.1, -0.05) is 69.9 Å². The van der Waals surface area contributed by atoms with Gasteiger partial charge in [0.2, 0.25) is 12.0 Å². The number of carboxylic acids is 2. The van der Waals surface area contributed by atoms with Gasteiger partial charge in [0.1, 0.15) is 46.7 Å². The van der Waals surface area contributed by atoms with Gasteiger partial charge in [0.15, 0.2) is 5.78 Å².